The number of hydrogen-bond donors (Lipinski definition) is 2. The van der Waals surface area contributed by atoms with Crippen molar-refractivity contribution in [3.63, 3.8) is 0 Å². The fourth-order valence-corrected chi connectivity index (χ4v) is 4.09. The lowest BCUT2D eigenvalue weighted by Gasteiger charge is -2.13. The number of amides is 1. The highest BCUT2D eigenvalue weighted by atomic mass is 32.2. The van der Waals surface area contributed by atoms with Crippen molar-refractivity contribution in [1.29, 1.82) is 0 Å². The van der Waals surface area contributed by atoms with E-state index < -0.39 is 0 Å². The van der Waals surface area contributed by atoms with Gasteiger partial charge in [-0.05, 0) is 31.6 Å². The van der Waals surface area contributed by atoms with Crippen molar-refractivity contribution in [2.45, 2.75) is 32.1 Å². The summed E-state index contributed by atoms with van der Waals surface area (Å²) >= 11 is 3.48. The summed E-state index contributed by atoms with van der Waals surface area (Å²) in [4.78, 5) is 13.3. The molecule has 3 N–H and O–H groups in total. The van der Waals surface area contributed by atoms with Gasteiger partial charge in [-0.1, -0.05) is 0 Å². The zero-order chi connectivity index (χ0) is 11.7. The van der Waals surface area contributed by atoms with Gasteiger partial charge >= 0.3 is 0 Å². The summed E-state index contributed by atoms with van der Waals surface area (Å²) in [5, 5.41) is 3.59. The van der Waals surface area contributed by atoms with E-state index in [1.54, 1.807) is 11.3 Å². The Hall–Kier alpha value is -0.680. The molecule has 0 aromatic carbocycles. The van der Waals surface area contributed by atoms with E-state index in [0.29, 0.717) is 5.00 Å². The van der Waals surface area contributed by atoms with Gasteiger partial charge < -0.3 is 11.1 Å². The van der Waals surface area contributed by atoms with Gasteiger partial charge in [-0.2, -0.15) is 11.8 Å². The lowest BCUT2D eigenvalue weighted by Crippen LogP contribution is -2.31. The van der Waals surface area contributed by atoms with Crippen molar-refractivity contribution < 1.29 is 4.79 Å². The van der Waals surface area contributed by atoms with Crippen molar-refractivity contribution in [2.24, 2.45) is 0 Å². The number of carbonyl (C=O) groups excluding carboxylic acids is 1. The number of hydrogen-bond acceptors (Lipinski definition) is 4. The molecule has 5 heteroatoms. The topological polar surface area (TPSA) is 55.1 Å². The molecule has 1 aromatic heterocycles. The molecule has 88 valence electrons. The first-order chi connectivity index (χ1) is 7.59. The van der Waals surface area contributed by atoms with Gasteiger partial charge in [0.25, 0.3) is 5.91 Å². The van der Waals surface area contributed by atoms with Gasteiger partial charge in [0, 0.05) is 16.7 Å². The van der Waals surface area contributed by atoms with Crippen LogP contribution < -0.4 is 11.1 Å². The number of fused-ring (bicyclic) bond motifs is 1. The SMILES string of the molecule is CC(C)NC(=O)c1c(N)sc2c1CCSC2. The Morgan fingerprint density at radius 1 is 1.50 bits per heavy atom. The molecule has 1 aliphatic heterocycles. The maximum atomic E-state index is 12.0. The monoisotopic (exact) mass is 256 g/mol. The molecule has 2 heterocycles. The van der Waals surface area contributed by atoms with Gasteiger partial charge in [0.2, 0.25) is 0 Å². The second-order valence-electron chi connectivity index (χ2n) is 4.17. The third-order valence-electron chi connectivity index (χ3n) is 2.49. The molecule has 3 nitrogen and oxygen atoms in total. The fraction of sp³-hybridized carbons (Fsp3) is 0.545. The number of rotatable bonds is 2. The second kappa shape index (κ2) is 4.67. The van der Waals surface area contributed by atoms with Gasteiger partial charge in [-0.15, -0.1) is 11.3 Å². The number of carbonyl (C=O) groups is 1. The van der Waals surface area contributed by atoms with Crippen LogP contribution in [0.25, 0.3) is 0 Å². The summed E-state index contributed by atoms with van der Waals surface area (Å²) in [6, 6.07) is 0.153. The van der Waals surface area contributed by atoms with E-state index in [2.05, 4.69) is 5.32 Å². The van der Waals surface area contributed by atoms with E-state index in [4.69, 9.17) is 5.73 Å². The van der Waals surface area contributed by atoms with Gasteiger partial charge in [0.15, 0.2) is 0 Å². The minimum absolute atomic E-state index is 0.0168. The van der Waals surface area contributed by atoms with Crippen molar-refractivity contribution in [2.75, 3.05) is 11.5 Å². The molecule has 0 spiro atoms. The highest BCUT2D eigenvalue weighted by molar-refractivity contribution is 7.98. The highest BCUT2D eigenvalue weighted by Gasteiger charge is 2.24. The number of anilines is 1. The van der Waals surface area contributed by atoms with Crippen LogP contribution in [0.3, 0.4) is 0 Å². The first-order valence-electron chi connectivity index (χ1n) is 5.38. The Bertz CT molecular complexity index is 412. The van der Waals surface area contributed by atoms with Crippen LogP contribution in [0.2, 0.25) is 0 Å². The quantitative estimate of drug-likeness (QED) is 0.853. The van der Waals surface area contributed by atoms with Crippen molar-refractivity contribution in [3.05, 3.63) is 16.0 Å². The Morgan fingerprint density at radius 2 is 2.25 bits per heavy atom. The van der Waals surface area contributed by atoms with Crippen molar-refractivity contribution >= 4 is 34.0 Å². The molecule has 1 aromatic rings. The molecule has 0 aliphatic carbocycles. The molecule has 2 rings (SSSR count). The summed E-state index contributed by atoms with van der Waals surface area (Å²) in [6.45, 7) is 3.92. The highest BCUT2D eigenvalue weighted by Crippen LogP contribution is 2.37. The minimum atomic E-state index is -0.0168. The van der Waals surface area contributed by atoms with Crippen LogP contribution in [0.1, 0.15) is 34.6 Å². The molecular formula is C11H16N2OS2. The standard InChI is InChI=1S/C11H16N2OS2/c1-6(2)13-11(14)9-7-3-4-15-5-8(7)16-10(9)12/h6H,3-5,12H2,1-2H3,(H,13,14). The molecule has 0 radical (unpaired) electrons. The number of thiophene rings is 1. The average Bonchev–Trinajstić information content (AvgIpc) is 2.52. The Balaban J connectivity index is 2.32. The number of nitrogens with two attached hydrogens (primary N) is 1. The van der Waals surface area contributed by atoms with Gasteiger partial charge in [-0.25, -0.2) is 0 Å². The minimum Gasteiger partial charge on any atom is -0.390 e. The average molecular weight is 256 g/mol. The summed E-state index contributed by atoms with van der Waals surface area (Å²) in [6.07, 6.45) is 0.967. The fourth-order valence-electron chi connectivity index (χ4n) is 1.84. The van der Waals surface area contributed by atoms with E-state index >= 15 is 0 Å². The van der Waals surface area contributed by atoms with E-state index in [1.165, 1.54) is 10.4 Å². The van der Waals surface area contributed by atoms with Crippen LogP contribution in [0.15, 0.2) is 0 Å². The van der Waals surface area contributed by atoms with Gasteiger partial charge in [-0.3, -0.25) is 4.79 Å². The number of nitrogens with one attached hydrogen (secondary N) is 1. The summed E-state index contributed by atoms with van der Waals surface area (Å²) in [7, 11) is 0. The van der Waals surface area contributed by atoms with E-state index in [-0.39, 0.29) is 11.9 Å². The Morgan fingerprint density at radius 3 is 2.94 bits per heavy atom. The van der Waals surface area contributed by atoms with Gasteiger partial charge in [0.1, 0.15) is 0 Å². The first-order valence-corrected chi connectivity index (χ1v) is 7.35. The second-order valence-corrected chi connectivity index (χ2v) is 6.42. The molecule has 0 unspecified atom stereocenters. The third kappa shape index (κ3) is 2.20. The third-order valence-corrected chi connectivity index (χ3v) is 4.72. The molecule has 0 fully saturated rings. The van der Waals surface area contributed by atoms with Crippen LogP contribution in [0.4, 0.5) is 5.00 Å². The first kappa shape index (κ1) is 11.8. The molecule has 0 atom stereocenters. The smallest absolute Gasteiger partial charge is 0.254 e. The van der Waals surface area contributed by atoms with E-state index in [0.717, 1.165) is 23.5 Å². The molecule has 16 heavy (non-hydrogen) atoms. The van der Waals surface area contributed by atoms with E-state index in [9.17, 15) is 4.79 Å². The molecular weight excluding hydrogens is 240 g/mol. The predicted octanol–water partition coefficient (Wildman–Crippen LogP) is 2.26. The molecule has 1 aliphatic rings. The van der Waals surface area contributed by atoms with Crippen LogP contribution in [0.5, 0.6) is 0 Å². The van der Waals surface area contributed by atoms with Crippen LogP contribution in [0, 0.1) is 0 Å². The summed E-state index contributed by atoms with van der Waals surface area (Å²) in [5.74, 6) is 2.07. The van der Waals surface area contributed by atoms with Crippen molar-refractivity contribution in [3.8, 4) is 0 Å². The summed E-state index contributed by atoms with van der Waals surface area (Å²) in [5.41, 5.74) is 7.86. The molecule has 1 amide bonds. The summed E-state index contributed by atoms with van der Waals surface area (Å²) < 4.78 is 0. The normalized spacial score (nSPS) is 14.9. The zero-order valence-electron chi connectivity index (χ0n) is 9.50. The maximum absolute atomic E-state index is 12.0. The molecule has 0 bridgehead atoms. The predicted molar refractivity (Wildman–Crippen MR) is 71.2 cm³/mol. The van der Waals surface area contributed by atoms with Crippen molar-refractivity contribution in [1.82, 2.24) is 5.32 Å². The van der Waals surface area contributed by atoms with E-state index in [1.807, 2.05) is 25.6 Å². The van der Waals surface area contributed by atoms with Crippen LogP contribution in [-0.4, -0.2) is 17.7 Å². The van der Waals surface area contributed by atoms with Crippen LogP contribution in [-0.2, 0) is 12.2 Å². The lowest BCUT2D eigenvalue weighted by atomic mass is 10.1. The maximum Gasteiger partial charge on any atom is 0.254 e. The van der Waals surface area contributed by atoms with Crippen LogP contribution >= 0.6 is 23.1 Å². The Kier molecular flexibility index (Phi) is 3.44. The lowest BCUT2D eigenvalue weighted by molar-refractivity contribution is 0.0943. The Labute approximate surface area is 104 Å². The van der Waals surface area contributed by atoms with Gasteiger partial charge in [0.05, 0.1) is 10.6 Å². The number of nitrogen functional groups attached to an aromatic ring is 1. The largest absolute Gasteiger partial charge is 0.390 e. The zero-order valence-corrected chi connectivity index (χ0v) is 11.1. The number of thioether (sulfide) groups is 1. The molecule has 0 saturated heterocycles. The molecule has 0 saturated carbocycles.